The van der Waals surface area contributed by atoms with Gasteiger partial charge in [0, 0.05) is 13.6 Å². The van der Waals surface area contributed by atoms with Crippen molar-refractivity contribution in [3.8, 4) is 0 Å². The van der Waals surface area contributed by atoms with E-state index in [1.54, 1.807) is 0 Å². The molecule has 0 amide bonds. The van der Waals surface area contributed by atoms with Crippen LogP contribution in [-0.4, -0.2) is 6.54 Å². The Hall–Kier alpha value is -0.330. The maximum absolute atomic E-state index is 5.68. The topological polar surface area (TPSA) is 25.2 Å². The number of halogens is 2. The lowest BCUT2D eigenvalue weighted by molar-refractivity contribution is 0.495. The number of aryl methyl sites for hydroxylation is 2. The molecule has 0 radical (unpaired) electrons. The Labute approximate surface area is 136 Å². The number of hydrogen-bond donors (Lipinski definition) is 1. The summed E-state index contributed by atoms with van der Waals surface area (Å²) in [7, 11) is 0. The third-order valence-corrected chi connectivity index (χ3v) is 4.46. The second-order valence-electron chi connectivity index (χ2n) is 4.53. The maximum Gasteiger partial charge on any atom is 0.106 e. The maximum atomic E-state index is 5.68. The fraction of sp³-hybridized carbons (Fsp3) is 0.333. The van der Waals surface area contributed by atoms with Crippen molar-refractivity contribution >= 4 is 38.5 Å². The summed E-state index contributed by atoms with van der Waals surface area (Å²) in [4.78, 5) is 0. The van der Waals surface area contributed by atoms with Gasteiger partial charge >= 0.3 is 0 Å². The number of rotatable bonds is 4. The van der Waals surface area contributed by atoms with Crippen molar-refractivity contribution in [3.63, 3.8) is 0 Å². The molecule has 0 aliphatic rings. The largest absolute Gasteiger partial charge is 0.466 e. The highest BCUT2D eigenvalue weighted by molar-refractivity contribution is 14.1. The predicted octanol–water partition coefficient (Wildman–Crippen LogP) is 4.96. The Bertz CT molecular complexity index is 580. The van der Waals surface area contributed by atoms with E-state index in [1.165, 1.54) is 14.7 Å². The normalized spacial score (nSPS) is 12.7. The third-order valence-electron chi connectivity index (χ3n) is 3.07. The van der Waals surface area contributed by atoms with Gasteiger partial charge in [0.15, 0.2) is 0 Å². The highest BCUT2D eigenvalue weighted by Crippen LogP contribution is 2.32. The second kappa shape index (κ2) is 6.41. The molecule has 0 saturated heterocycles. The molecule has 2 aromatic rings. The lowest BCUT2D eigenvalue weighted by Gasteiger charge is -2.19. The lowest BCUT2D eigenvalue weighted by atomic mass is 9.99. The Morgan fingerprint density at radius 3 is 2.58 bits per heavy atom. The molecule has 0 fully saturated rings. The molecule has 2 rings (SSSR count). The van der Waals surface area contributed by atoms with Crippen LogP contribution in [0.1, 0.15) is 35.6 Å². The van der Waals surface area contributed by atoms with Crippen molar-refractivity contribution < 1.29 is 4.42 Å². The van der Waals surface area contributed by atoms with E-state index >= 15 is 0 Å². The molecule has 1 atom stereocenters. The van der Waals surface area contributed by atoms with Gasteiger partial charge in [-0.05, 0) is 72.8 Å². The molecule has 1 N–H and O–H groups in total. The first-order valence-corrected chi connectivity index (χ1v) is 8.15. The summed E-state index contributed by atoms with van der Waals surface area (Å²) in [5, 5.41) is 3.54. The van der Waals surface area contributed by atoms with Crippen LogP contribution in [0.25, 0.3) is 0 Å². The highest BCUT2D eigenvalue weighted by Gasteiger charge is 2.20. The molecule has 1 aromatic carbocycles. The van der Waals surface area contributed by atoms with Gasteiger partial charge in [-0.3, -0.25) is 0 Å². The van der Waals surface area contributed by atoms with Gasteiger partial charge in [0.2, 0.25) is 0 Å². The van der Waals surface area contributed by atoms with Crippen LogP contribution in [0, 0.1) is 17.4 Å². The minimum atomic E-state index is 0.159. The smallest absolute Gasteiger partial charge is 0.106 e. The first-order chi connectivity index (χ1) is 9.02. The van der Waals surface area contributed by atoms with Gasteiger partial charge in [-0.1, -0.05) is 22.9 Å². The van der Waals surface area contributed by atoms with Crippen LogP contribution in [-0.2, 0) is 0 Å². The molecule has 19 heavy (non-hydrogen) atoms. The van der Waals surface area contributed by atoms with E-state index in [9.17, 15) is 0 Å². The molecular formula is C15H17BrINO. The van der Waals surface area contributed by atoms with Gasteiger partial charge < -0.3 is 9.73 Å². The van der Waals surface area contributed by atoms with Crippen molar-refractivity contribution in [3.05, 3.63) is 55.0 Å². The summed E-state index contributed by atoms with van der Waals surface area (Å²) in [6.45, 7) is 7.04. The Morgan fingerprint density at radius 2 is 2.00 bits per heavy atom. The molecule has 1 heterocycles. The van der Waals surface area contributed by atoms with E-state index in [-0.39, 0.29) is 6.04 Å². The average molecular weight is 434 g/mol. The zero-order valence-corrected chi connectivity index (χ0v) is 15.0. The summed E-state index contributed by atoms with van der Waals surface area (Å²) in [5.41, 5.74) is 2.46. The molecule has 0 bridgehead atoms. The molecule has 1 unspecified atom stereocenters. The van der Waals surface area contributed by atoms with E-state index in [2.05, 4.69) is 75.0 Å². The summed E-state index contributed by atoms with van der Waals surface area (Å²) in [5.74, 6) is 1.94. The quantitative estimate of drug-likeness (QED) is 0.689. The Kier molecular flexibility index (Phi) is 5.09. The van der Waals surface area contributed by atoms with Crippen LogP contribution in [0.3, 0.4) is 0 Å². The van der Waals surface area contributed by atoms with E-state index in [0.717, 1.165) is 22.5 Å². The van der Waals surface area contributed by atoms with Crippen LogP contribution in [0.5, 0.6) is 0 Å². The molecule has 0 spiro atoms. The molecule has 0 aliphatic carbocycles. The van der Waals surface area contributed by atoms with Gasteiger partial charge in [0.1, 0.15) is 11.5 Å². The predicted molar refractivity (Wildman–Crippen MR) is 90.6 cm³/mol. The van der Waals surface area contributed by atoms with Crippen LogP contribution >= 0.6 is 38.5 Å². The van der Waals surface area contributed by atoms with Crippen LogP contribution in [0.15, 0.2) is 33.2 Å². The van der Waals surface area contributed by atoms with Crippen molar-refractivity contribution in [2.75, 3.05) is 6.54 Å². The SMILES string of the molecule is CCNC(c1cc(I)ccc1Br)c1cc(C)oc1C. The second-order valence-corrected chi connectivity index (χ2v) is 6.63. The molecule has 4 heteroatoms. The molecule has 0 saturated carbocycles. The summed E-state index contributed by atoms with van der Waals surface area (Å²) in [6.07, 6.45) is 0. The van der Waals surface area contributed by atoms with Crippen molar-refractivity contribution in [1.82, 2.24) is 5.32 Å². The van der Waals surface area contributed by atoms with Gasteiger partial charge in [0.25, 0.3) is 0 Å². The minimum absolute atomic E-state index is 0.159. The summed E-state index contributed by atoms with van der Waals surface area (Å²) < 4.78 is 8.03. The molecule has 2 nitrogen and oxygen atoms in total. The first kappa shape index (κ1) is 15.1. The molecule has 102 valence electrons. The van der Waals surface area contributed by atoms with E-state index in [4.69, 9.17) is 4.42 Å². The monoisotopic (exact) mass is 433 g/mol. The van der Waals surface area contributed by atoms with Crippen molar-refractivity contribution in [1.29, 1.82) is 0 Å². The molecular weight excluding hydrogens is 417 g/mol. The van der Waals surface area contributed by atoms with E-state index in [1.807, 2.05) is 13.8 Å². The standard InChI is InChI=1S/C15H17BrINO/c1-4-18-15(12-7-9(2)19-10(12)3)13-8-11(17)5-6-14(13)16/h5-8,15,18H,4H2,1-3H3. The van der Waals surface area contributed by atoms with E-state index in [0.29, 0.717) is 0 Å². The fourth-order valence-electron chi connectivity index (χ4n) is 2.26. The first-order valence-electron chi connectivity index (χ1n) is 6.28. The zero-order valence-electron chi connectivity index (χ0n) is 11.3. The van der Waals surface area contributed by atoms with Gasteiger partial charge in [-0.25, -0.2) is 0 Å². The lowest BCUT2D eigenvalue weighted by Crippen LogP contribution is -2.22. The average Bonchev–Trinajstić information content (AvgIpc) is 2.69. The van der Waals surface area contributed by atoms with Crippen molar-refractivity contribution in [2.24, 2.45) is 0 Å². The number of benzene rings is 1. The number of nitrogens with one attached hydrogen (secondary N) is 1. The minimum Gasteiger partial charge on any atom is -0.466 e. The zero-order chi connectivity index (χ0) is 14.0. The number of hydrogen-bond acceptors (Lipinski definition) is 2. The van der Waals surface area contributed by atoms with Crippen molar-refractivity contribution in [2.45, 2.75) is 26.8 Å². The Morgan fingerprint density at radius 1 is 1.26 bits per heavy atom. The molecule has 1 aromatic heterocycles. The van der Waals surface area contributed by atoms with Crippen LogP contribution in [0.2, 0.25) is 0 Å². The fourth-order valence-corrected chi connectivity index (χ4v) is 3.26. The van der Waals surface area contributed by atoms with E-state index < -0.39 is 0 Å². The van der Waals surface area contributed by atoms with Crippen LogP contribution in [0.4, 0.5) is 0 Å². The number of furan rings is 1. The highest BCUT2D eigenvalue weighted by atomic mass is 127. The Balaban J connectivity index is 2.51. The molecule has 0 aliphatic heterocycles. The summed E-state index contributed by atoms with van der Waals surface area (Å²) in [6, 6.07) is 8.69. The van der Waals surface area contributed by atoms with Gasteiger partial charge in [-0.2, -0.15) is 0 Å². The summed E-state index contributed by atoms with van der Waals surface area (Å²) >= 11 is 6.00. The van der Waals surface area contributed by atoms with Gasteiger partial charge in [0.05, 0.1) is 6.04 Å². The van der Waals surface area contributed by atoms with Gasteiger partial charge in [-0.15, -0.1) is 0 Å². The van der Waals surface area contributed by atoms with Crippen LogP contribution < -0.4 is 5.32 Å². The third kappa shape index (κ3) is 3.41.